The van der Waals surface area contributed by atoms with Crippen LogP contribution in [0.5, 0.6) is 0 Å². The lowest BCUT2D eigenvalue weighted by Crippen LogP contribution is -2.33. The summed E-state index contributed by atoms with van der Waals surface area (Å²) in [6.45, 7) is 0.714. The summed E-state index contributed by atoms with van der Waals surface area (Å²) in [6.07, 6.45) is 4.40. The number of amides is 2. The van der Waals surface area contributed by atoms with Gasteiger partial charge in [-0.1, -0.05) is 18.2 Å². The van der Waals surface area contributed by atoms with E-state index in [2.05, 4.69) is 21.4 Å². The number of hydrogen-bond donors (Lipinski definition) is 2. The van der Waals surface area contributed by atoms with Crippen LogP contribution in [0.3, 0.4) is 0 Å². The van der Waals surface area contributed by atoms with Crippen molar-refractivity contribution in [1.82, 2.24) is 9.97 Å². The summed E-state index contributed by atoms with van der Waals surface area (Å²) in [5, 5.41) is 3.88. The van der Waals surface area contributed by atoms with E-state index >= 15 is 0 Å². The number of H-pyrrole nitrogens is 1. The van der Waals surface area contributed by atoms with Crippen molar-refractivity contribution in [3.05, 3.63) is 54.4 Å². The molecule has 5 heteroatoms. The van der Waals surface area contributed by atoms with Gasteiger partial charge in [-0.15, -0.1) is 0 Å². The van der Waals surface area contributed by atoms with Gasteiger partial charge >= 0.3 is 6.03 Å². The molecule has 0 atom stereocenters. The molecule has 3 aromatic rings. The lowest BCUT2D eigenvalue weighted by atomic mass is 10.2. The highest BCUT2D eigenvalue weighted by atomic mass is 16.2. The van der Waals surface area contributed by atoms with Gasteiger partial charge in [-0.2, -0.15) is 0 Å². The van der Waals surface area contributed by atoms with Crippen molar-refractivity contribution in [2.45, 2.75) is 6.42 Å². The van der Waals surface area contributed by atoms with Crippen LogP contribution in [-0.2, 0) is 6.42 Å². The van der Waals surface area contributed by atoms with Crippen LogP contribution in [0.15, 0.2) is 48.8 Å². The fourth-order valence-electron chi connectivity index (χ4n) is 2.79. The fourth-order valence-corrected chi connectivity index (χ4v) is 2.79. The van der Waals surface area contributed by atoms with E-state index in [0.29, 0.717) is 6.54 Å². The second-order valence-corrected chi connectivity index (χ2v) is 5.06. The van der Waals surface area contributed by atoms with Gasteiger partial charge in [-0.05, 0) is 30.2 Å². The molecule has 4 rings (SSSR count). The molecule has 0 fully saturated rings. The minimum Gasteiger partial charge on any atom is -0.344 e. The smallest absolute Gasteiger partial charge is 0.326 e. The number of para-hydroxylation sites is 1. The maximum Gasteiger partial charge on any atom is 0.326 e. The predicted molar refractivity (Wildman–Crippen MR) is 82.6 cm³/mol. The molecule has 2 aromatic heterocycles. The molecular formula is C16H14N4O. The molecular weight excluding hydrogens is 264 g/mol. The van der Waals surface area contributed by atoms with E-state index in [-0.39, 0.29) is 6.03 Å². The number of aromatic nitrogens is 2. The van der Waals surface area contributed by atoms with Gasteiger partial charge in [-0.3, -0.25) is 4.90 Å². The Bertz CT molecular complexity index is 824. The van der Waals surface area contributed by atoms with Crippen LogP contribution in [0.1, 0.15) is 5.56 Å². The minimum absolute atomic E-state index is 0.107. The highest BCUT2D eigenvalue weighted by molar-refractivity contribution is 6.07. The van der Waals surface area contributed by atoms with Gasteiger partial charge in [0.15, 0.2) is 0 Å². The largest absolute Gasteiger partial charge is 0.344 e. The Morgan fingerprint density at radius 3 is 3.10 bits per heavy atom. The van der Waals surface area contributed by atoms with Crippen molar-refractivity contribution in [1.29, 1.82) is 0 Å². The molecule has 0 radical (unpaired) electrons. The van der Waals surface area contributed by atoms with E-state index in [1.54, 1.807) is 17.3 Å². The number of benzene rings is 1. The van der Waals surface area contributed by atoms with E-state index in [9.17, 15) is 4.79 Å². The molecule has 0 spiro atoms. The minimum atomic E-state index is -0.107. The Kier molecular flexibility index (Phi) is 2.64. The van der Waals surface area contributed by atoms with Crippen LogP contribution < -0.4 is 10.2 Å². The third-order valence-corrected chi connectivity index (χ3v) is 3.83. The third-order valence-electron chi connectivity index (χ3n) is 3.83. The van der Waals surface area contributed by atoms with Crippen LogP contribution >= 0.6 is 0 Å². The van der Waals surface area contributed by atoms with Crippen molar-refractivity contribution in [2.24, 2.45) is 0 Å². The van der Waals surface area contributed by atoms with Crippen molar-refractivity contribution in [3.63, 3.8) is 0 Å². The number of rotatable bonds is 1. The lowest BCUT2D eigenvalue weighted by molar-refractivity contribution is 0.257. The van der Waals surface area contributed by atoms with Crippen LogP contribution in [0, 0.1) is 0 Å². The molecule has 1 aliphatic rings. The first-order valence-electron chi connectivity index (χ1n) is 6.91. The first-order chi connectivity index (χ1) is 10.3. The number of nitrogens with one attached hydrogen (secondary N) is 2. The first kappa shape index (κ1) is 12.0. The lowest BCUT2D eigenvalue weighted by Gasteiger charge is -2.17. The van der Waals surface area contributed by atoms with Crippen LogP contribution in [0.25, 0.3) is 11.0 Å². The van der Waals surface area contributed by atoms with Gasteiger partial charge in [0.1, 0.15) is 5.65 Å². The van der Waals surface area contributed by atoms with E-state index in [4.69, 9.17) is 0 Å². The van der Waals surface area contributed by atoms with Gasteiger partial charge in [0.25, 0.3) is 0 Å². The topological polar surface area (TPSA) is 61.0 Å². The highest BCUT2D eigenvalue weighted by Crippen LogP contribution is 2.29. The molecule has 1 aromatic carbocycles. The van der Waals surface area contributed by atoms with Gasteiger partial charge in [-0.25, -0.2) is 9.78 Å². The molecule has 2 amide bonds. The van der Waals surface area contributed by atoms with E-state index < -0.39 is 0 Å². The van der Waals surface area contributed by atoms with Crippen molar-refractivity contribution in [2.75, 3.05) is 16.8 Å². The number of pyridine rings is 1. The van der Waals surface area contributed by atoms with Crippen LogP contribution in [0.4, 0.5) is 16.2 Å². The van der Waals surface area contributed by atoms with Gasteiger partial charge in [0, 0.05) is 30.0 Å². The number of nitrogens with zero attached hydrogens (tertiary/aromatic N) is 2. The molecule has 5 nitrogen and oxygen atoms in total. The Hall–Kier alpha value is -2.82. The van der Waals surface area contributed by atoms with E-state index in [1.807, 2.05) is 30.3 Å². The van der Waals surface area contributed by atoms with Gasteiger partial charge < -0.3 is 10.3 Å². The summed E-state index contributed by atoms with van der Waals surface area (Å²) < 4.78 is 0. The number of carbonyl (C=O) groups excluding carboxylic acids is 1. The van der Waals surface area contributed by atoms with Gasteiger partial charge in [0.2, 0.25) is 0 Å². The number of urea groups is 1. The van der Waals surface area contributed by atoms with Crippen molar-refractivity contribution in [3.8, 4) is 0 Å². The first-order valence-corrected chi connectivity index (χ1v) is 6.91. The summed E-state index contributed by atoms with van der Waals surface area (Å²) in [5.74, 6) is 0. The second-order valence-electron chi connectivity index (χ2n) is 5.06. The summed E-state index contributed by atoms with van der Waals surface area (Å²) in [4.78, 5) is 21.6. The van der Waals surface area contributed by atoms with E-state index in [0.717, 1.165) is 28.8 Å². The molecule has 2 N–H and O–H groups in total. The molecule has 104 valence electrons. The summed E-state index contributed by atoms with van der Waals surface area (Å²) >= 11 is 0. The standard InChI is InChI=1S/C16H14N4O/c21-16(20-9-7-11-4-1-2-6-14(11)20)19-13-10-18-15-12(13)5-3-8-17-15/h1-6,8,10H,7,9H2,(H,17,18)(H,19,21). The average Bonchev–Trinajstić information content (AvgIpc) is 3.12. The predicted octanol–water partition coefficient (Wildman–Crippen LogP) is 3.16. The number of carbonyl (C=O) groups is 1. The van der Waals surface area contributed by atoms with E-state index in [1.165, 1.54) is 5.56 Å². The molecule has 0 unspecified atom stereocenters. The Labute approximate surface area is 121 Å². The number of hydrogen-bond acceptors (Lipinski definition) is 2. The summed E-state index contributed by atoms with van der Waals surface area (Å²) in [7, 11) is 0. The Morgan fingerprint density at radius 1 is 1.24 bits per heavy atom. The van der Waals surface area contributed by atoms with Crippen LogP contribution in [-0.4, -0.2) is 22.5 Å². The molecule has 3 heterocycles. The normalized spacial score (nSPS) is 13.4. The monoisotopic (exact) mass is 278 g/mol. The second kappa shape index (κ2) is 4.63. The Balaban J connectivity index is 1.62. The quantitative estimate of drug-likeness (QED) is 0.718. The number of fused-ring (bicyclic) bond motifs is 2. The van der Waals surface area contributed by atoms with Crippen molar-refractivity contribution >= 4 is 28.4 Å². The number of aromatic amines is 1. The third kappa shape index (κ3) is 1.94. The van der Waals surface area contributed by atoms with Crippen molar-refractivity contribution < 1.29 is 4.79 Å². The highest BCUT2D eigenvalue weighted by Gasteiger charge is 2.24. The maximum atomic E-state index is 12.5. The SMILES string of the molecule is O=C(Nc1c[nH]c2ncccc12)N1CCc2ccccc21. The molecule has 21 heavy (non-hydrogen) atoms. The zero-order valence-corrected chi connectivity index (χ0v) is 11.3. The molecule has 1 aliphatic heterocycles. The number of anilines is 2. The summed E-state index contributed by atoms with van der Waals surface area (Å²) in [6, 6.07) is 11.7. The molecule has 0 saturated carbocycles. The average molecular weight is 278 g/mol. The zero-order valence-electron chi connectivity index (χ0n) is 11.3. The zero-order chi connectivity index (χ0) is 14.2. The van der Waals surface area contributed by atoms with Crippen LogP contribution in [0.2, 0.25) is 0 Å². The van der Waals surface area contributed by atoms with Gasteiger partial charge in [0.05, 0.1) is 5.69 Å². The molecule has 0 saturated heterocycles. The molecule has 0 bridgehead atoms. The Morgan fingerprint density at radius 2 is 2.14 bits per heavy atom. The maximum absolute atomic E-state index is 12.5. The summed E-state index contributed by atoms with van der Waals surface area (Å²) in [5.41, 5.74) is 3.74. The molecule has 0 aliphatic carbocycles. The fraction of sp³-hybridized carbons (Fsp3) is 0.125.